The average Bonchev–Trinajstić information content (AvgIpc) is 3.18. The molecule has 3 aromatic heterocycles. The summed E-state index contributed by atoms with van der Waals surface area (Å²) in [5, 5.41) is 7.11. The van der Waals surface area contributed by atoms with E-state index >= 15 is 0 Å². The molecule has 10 nitrogen and oxygen atoms in total. The molecule has 34 heavy (non-hydrogen) atoms. The summed E-state index contributed by atoms with van der Waals surface area (Å²) in [6.45, 7) is 5.40. The van der Waals surface area contributed by atoms with Gasteiger partial charge in [-0.2, -0.15) is 0 Å². The van der Waals surface area contributed by atoms with Crippen LogP contribution >= 0.6 is 11.3 Å². The molecule has 0 atom stereocenters. The second-order valence-electron chi connectivity index (χ2n) is 8.80. The molecular formula is C20H23F2N7O3S2. The third-order valence-corrected chi connectivity index (χ3v) is 8.70. The molecular weight excluding hydrogens is 488 g/mol. The van der Waals surface area contributed by atoms with Crippen LogP contribution in [-0.4, -0.2) is 70.5 Å². The first-order chi connectivity index (χ1) is 16.1. The SMILES string of the molecule is CC(=O)N1CCN(c2cc(S(=O)(=O)NC3(C)CC3)cn3c(-c4nnc(C(F)F)s4)ncc23)CC1. The Morgan fingerprint density at radius 2 is 1.91 bits per heavy atom. The van der Waals surface area contributed by atoms with Crippen molar-refractivity contribution in [3.63, 3.8) is 0 Å². The lowest BCUT2D eigenvalue weighted by Crippen LogP contribution is -2.48. The number of carbonyl (C=O) groups is 1. The number of alkyl halides is 2. The van der Waals surface area contributed by atoms with Crippen LogP contribution in [-0.2, 0) is 14.8 Å². The number of amides is 1. The van der Waals surface area contributed by atoms with Crippen molar-refractivity contribution >= 4 is 38.5 Å². The van der Waals surface area contributed by atoms with Crippen LogP contribution in [0.1, 0.15) is 38.1 Å². The molecule has 0 bridgehead atoms. The van der Waals surface area contributed by atoms with Crippen LogP contribution in [0.4, 0.5) is 14.5 Å². The summed E-state index contributed by atoms with van der Waals surface area (Å²) >= 11 is 0.713. The number of halogens is 2. The fourth-order valence-electron chi connectivity index (χ4n) is 3.96. The zero-order valence-corrected chi connectivity index (χ0v) is 20.2. The van der Waals surface area contributed by atoms with E-state index in [1.54, 1.807) is 21.6 Å². The Balaban J connectivity index is 1.61. The number of imidazole rings is 1. The number of sulfonamides is 1. The largest absolute Gasteiger partial charge is 0.366 e. The van der Waals surface area contributed by atoms with Gasteiger partial charge in [0.2, 0.25) is 15.9 Å². The molecule has 1 N–H and O–H groups in total. The number of nitrogens with zero attached hydrogens (tertiary/aromatic N) is 6. The Bertz CT molecular complexity index is 1360. The molecule has 0 aromatic carbocycles. The minimum Gasteiger partial charge on any atom is -0.366 e. The first-order valence-electron chi connectivity index (χ1n) is 10.7. The first-order valence-corrected chi connectivity index (χ1v) is 13.0. The number of piperazine rings is 1. The second-order valence-corrected chi connectivity index (χ2v) is 11.5. The van der Waals surface area contributed by atoms with Crippen molar-refractivity contribution in [2.75, 3.05) is 31.1 Å². The molecule has 1 saturated carbocycles. The zero-order valence-electron chi connectivity index (χ0n) is 18.5. The van der Waals surface area contributed by atoms with E-state index in [-0.39, 0.29) is 21.6 Å². The van der Waals surface area contributed by atoms with Gasteiger partial charge in [-0.05, 0) is 25.8 Å². The molecule has 1 aliphatic carbocycles. The molecule has 0 radical (unpaired) electrons. The highest BCUT2D eigenvalue weighted by Crippen LogP contribution is 2.37. The van der Waals surface area contributed by atoms with Crippen molar-refractivity contribution in [1.29, 1.82) is 0 Å². The highest BCUT2D eigenvalue weighted by Gasteiger charge is 2.41. The number of pyridine rings is 1. The minimum atomic E-state index is -3.86. The minimum absolute atomic E-state index is 0.0132. The predicted molar refractivity (Wildman–Crippen MR) is 121 cm³/mol. The van der Waals surface area contributed by atoms with E-state index in [9.17, 15) is 22.0 Å². The third-order valence-electron chi connectivity index (χ3n) is 6.17. The first kappa shape index (κ1) is 23.1. The molecule has 1 aliphatic heterocycles. The fourth-order valence-corrected chi connectivity index (χ4v) is 6.14. The summed E-state index contributed by atoms with van der Waals surface area (Å²) in [6, 6.07) is 1.60. The summed E-state index contributed by atoms with van der Waals surface area (Å²) in [4.78, 5) is 19.9. The lowest BCUT2D eigenvalue weighted by atomic mass is 10.2. The van der Waals surface area contributed by atoms with Gasteiger partial charge in [-0.1, -0.05) is 11.3 Å². The number of hydrogen-bond acceptors (Lipinski definition) is 8. The number of carbonyl (C=O) groups excluding carboxylic acids is 1. The van der Waals surface area contributed by atoms with Crippen molar-refractivity contribution in [3.05, 3.63) is 23.5 Å². The van der Waals surface area contributed by atoms with Crippen LogP contribution in [0.15, 0.2) is 23.4 Å². The molecule has 0 spiro atoms. The Hall–Kier alpha value is -2.71. The molecule has 1 saturated heterocycles. The second kappa shape index (κ2) is 8.20. The highest BCUT2D eigenvalue weighted by molar-refractivity contribution is 7.89. The van der Waals surface area contributed by atoms with E-state index < -0.39 is 27.0 Å². The van der Waals surface area contributed by atoms with Crippen molar-refractivity contribution < 1.29 is 22.0 Å². The molecule has 14 heteroatoms. The topological polar surface area (TPSA) is 113 Å². The maximum Gasteiger partial charge on any atom is 0.291 e. The predicted octanol–water partition coefficient (Wildman–Crippen LogP) is 2.29. The van der Waals surface area contributed by atoms with E-state index in [2.05, 4.69) is 19.9 Å². The number of rotatable bonds is 6. The molecule has 0 unspecified atom stereocenters. The van der Waals surface area contributed by atoms with E-state index in [0.717, 1.165) is 12.8 Å². The van der Waals surface area contributed by atoms with Crippen molar-refractivity contribution in [1.82, 2.24) is 29.2 Å². The average molecular weight is 512 g/mol. The zero-order chi connectivity index (χ0) is 24.3. The van der Waals surface area contributed by atoms with Crippen molar-refractivity contribution in [2.24, 2.45) is 0 Å². The molecule has 5 rings (SSSR count). The van der Waals surface area contributed by atoms with Gasteiger partial charge in [-0.25, -0.2) is 26.9 Å². The Morgan fingerprint density at radius 3 is 2.50 bits per heavy atom. The number of nitrogens with one attached hydrogen (secondary N) is 1. The highest BCUT2D eigenvalue weighted by atomic mass is 32.2. The van der Waals surface area contributed by atoms with Crippen LogP contribution < -0.4 is 9.62 Å². The van der Waals surface area contributed by atoms with Crippen LogP contribution in [0.3, 0.4) is 0 Å². The third kappa shape index (κ3) is 4.25. The number of fused-ring (bicyclic) bond motifs is 1. The van der Waals surface area contributed by atoms with Crippen LogP contribution in [0.2, 0.25) is 0 Å². The standard InChI is InChI=1S/C20H23F2N7O3S2/c1-12(30)27-5-7-28(8-6-27)14-9-13(34(31,32)26-20(2)3-4-20)11-29-15(14)10-23-17(29)19-25-24-18(33-19)16(21)22/h9-11,16,26H,3-8H2,1-2H3. The lowest BCUT2D eigenvalue weighted by Gasteiger charge is -2.36. The summed E-state index contributed by atoms with van der Waals surface area (Å²) < 4.78 is 56.9. The van der Waals surface area contributed by atoms with Gasteiger partial charge in [-0.3, -0.25) is 9.20 Å². The monoisotopic (exact) mass is 511 g/mol. The Labute approximate surface area is 198 Å². The van der Waals surface area contributed by atoms with Crippen LogP contribution in [0.5, 0.6) is 0 Å². The van der Waals surface area contributed by atoms with Crippen LogP contribution in [0.25, 0.3) is 16.3 Å². The molecule has 3 aromatic rings. The quantitative estimate of drug-likeness (QED) is 0.540. The van der Waals surface area contributed by atoms with Gasteiger partial charge >= 0.3 is 0 Å². The Kier molecular flexibility index (Phi) is 5.56. The van der Waals surface area contributed by atoms with E-state index in [1.807, 2.05) is 11.8 Å². The lowest BCUT2D eigenvalue weighted by molar-refractivity contribution is -0.129. The summed E-state index contributed by atoms with van der Waals surface area (Å²) in [7, 11) is -3.86. The number of anilines is 1. The van der Waals surface area contributed by atoms with E-state index in [1.165, 1.54) is 13.1 Å². The van der Waals surface area contributed by atoms with Gasteiger partial charge in [0.15, 0.2) is 15.8 Å². The summed E-state index contributed by atoms with van der Waals surface area (Å²) in [5.74, 6) is 0.221. The maximum atomic E-state index is 13.2. The van der Waals surface area contributed by atoms with Gasteiger partial charge in [0, 0.05) is 44.8 Å². The van der Waals surface area contributed by atoms with Gasteiger partial charge in [0.25, 0.3) is 6.43 Å². The van der Waals surface area contributed by atoms with Crippen molar-refractivity contribution in [2.45, 2.75) is 43.5 Å². The number of aromatic nitrogens is 4. The molecule has 2 fully saturated rings. The van der Waals surface area contributed by atoms with Gasteiger partial charge in [0.05, 0.1) is 17.4 Å². The van der Waals surface area contributed by atoms with Crippen LogP contribution in [0, 0.1) is 0 Å². The normalized spacial score (nSPS) is 18.1. The number of hydrogen-bond donors (Lipinski definition) is 1. The molecule has 182 valence electrons. The molecule has 4 heterocycles. The summed E-state index contributed by atoms with van der Waals surface area (Å²) in [6.07, 6.45) is 1.75. The Morgan fingerprint density at radius 1 is 1.21 bits per heavy atom. The van der Waals surface area contributed by atoms with Crippen molar-refractivity contribution in [3.8, 4) is 10.8 Å². The van der Waals surface area contributed by atoms with Gasteiger partial charge in [-0.15, -0.1) is 10.2 Å². The fraction of sp³-hybridized carbons (Fsp3) is 0.500. The van der Waals surface area contributed by atoms with Gasteiger partial charge < -0.3 is 9.80 Å². The maximum absolute atomic E-state index is 13.2. The van der Waals surface area contributed by atoms with Gasteiger partial charge in [0.1, 0.15) is 4.90 Å². The summed E-state index contributed by atoms with van der Waals surface area (Å²) in [5.41, 5.74) is 0.769. The smallest absolute Gasteiger partial charge is 0.291 e. The molecule has 2 aliphatic rings. The van der Waals surface area contributed by atoms with E-state index in [0.29, 0.717) is 48.7 Å². The molecule has 1 amide bonds. The van der Waals surface area contributed by atoms with E-state index in [4.69, 9.17) is 0 Å².